The van der Waals surface area contributed by atoms with Crippen LogP contribution in [0.1, 0.15) is 21.5 Å². The van der Waals surface area contributed by atoms with Gasteiger partial charge in [0.2, 0.25) is 10.0 Å². The van der Waals surface area contributed by atoms with Gasteiger partial charge in [-0.2, -0.15) is 9.57 Å². The summed E-state index contributed by atoms with van der Waals surface area (Å²) in [5.41, 5.74) is 1.39. The van der Waals surface area contributed by atoms with Crippen LogP contribution in [-0.2, 0) is 10.0 Å². The van der Waals surface area contributed by atoms with Crippen LogP contribution in [0.5, 0.6) is 0 Å². The standard InChI is InChI=1S/C25H21ClFN3O3S2/c1-17-11-20(26)15-22(12-17)34-23-6-5-18(16-28)13-24(23)35(32,33)30-9-7-29(8-10-30)25(31)19-3-2-4-21(27)14-19/h2-6,11-15H,7-10H2,1H3. The minimum atomic E-state index is -3.96. The lowest BCUT2D eigenvalue weighted by atomic mass is 10.2. The van der Waals surface area contributed by atoms with E-state index in [1.165, 1.54) is 51.3 Å². The van der Waals surface area contributed by atoms with E-state index < -0.39 is 15.8 Å². The van der Waals surface area contributed by atoms with Crippen molar-refractivity contribution in [2.24, 2.45) is 0 Å². The zero-order valence-corrected chi connectivity index (χ0v) is 21.1. The van der Waals surface area contributed by atoms with Crippen LogP contribution >= 0.6 is 23.4 Å². The molecule has 1 aliphatic heterocycles. The van der Waals surface area contributed by atoms with Gasteiger partial charge in [0, 0.05) is 46.6 Å². The van der Waals surface area contributed by atoms with E-state index in [0.717, 1.165) is 10.5 Å². The molecule has 0 N–H and O–H groups in total. The molecule has 1 heterocycles. The molecule has 0 aromatic heterocycles. The number of carbonyl (C=O) groups excluding carboxylic acids is 1. The summed E-state index contributed by atoms with van der Waals surface area (Å²) in [6.07, 6.45) is 0. The highest BCUT2D eigenvalue weighted by Gasteiger charge is 2.32. The number of amides is 1. The maximum atomic E-state index is 13.6. The highest BCUT2D eigenvalue weighted by molar-refractivity contribution is 8.00. The van der Waals surface area contributed by atoms with Crippen LogP contribution < -0.4 is 0 Å². The van der Waals surface area contributed by atoms with Gasteiger partial charge in [-0.3, -0.25) is 4.79 Å². The highest BCUT2D eigenvalue weighted by atomic mass is 35.5. The normalized spacial score (nSPS) is 14.5. The number of nitriles is 1. The molecule has 1 saturated heterocycles. The lowest BCUT2D eigenvalue weighted by Gasteiger charge is -2.34. The fourth-order valence-corrected chi connectivity index (χ4v) is 7.12. The largest absolute Gasteiger partial charge is 0.336 e. The Balaban J connectivity index is 1.57. The first kappa shape index (κ1) is 25.2. The molecule has 0 saturated carbocycles. The first-order valence-corrected chi connectivity index (χ1v) is 13.3. The third-order valence-corrected chi connectivity index (χ3v) is 8.86. The van der Waals surface area contributed by atoms with E-state index in [9.17, 15) is 22.9 Å². The molecular weight excluding hydrogens is 509 g/mol. The number of nitrogens with zero attached hydrogens (tertiary/aromatic N) is 3. The minimum Gasteiger partial charge on any atom is -0.336 e. The zero-order valence-electron chi connectivity index (χ0n) is 18.7. The monoisotopic (exact) mass is 529 g/mol. The molecule has 180 valence electrons. The van der Waals surface area contributed by atoms with E-state index in [1.807, 2.05) is 25.1 Å². The fraction of sp³-hybridized carbons (Fsp3) is 0.200. The predicted octanol–water partition coefficient (Wildman–Crippen LogP) is 4.96. The first-order valence-electron chi connectivity index (χ1n) is 10.7. The Bertz CT molecular complexity index is 1410. The molecule has 0 atom stereocenters. The Morgan fingerprint density at radius 2 is 1.80 bits per heavy atom. The second-order valence-electron chi connectivity index (χ2n) is 8.05. The molecule has 3 aromatic carbocycles. The molecular formula is C25H21ClFN3O3S2. The van der Waals surface area contributed by atoms with Gasteiger partial charge in [0.15, 0.2) is 0 Å². The number of aryl methyl sites for hydroxylation is 1. The average Bonchev–Trinajstić information content (AvgIpc) is 2.83. The van der Waals surface area contributed by atoms with Crippen LogP contribution in [0.15, 0.2) is 75.4 Å². The zero-order chi connectivity index (χ0) is 25.2. The smallest absolute Gasteiger partial charge is 0.254 e. The molecule has 35 heavy (non-hydrogen) atoms. The third-order valence-electron chi connectivity index (χ3n) is 5.53. The predicted molar refractivity (Wildman–Crippen MR) is 133 cm³/mol. The van der Waals surface area contributed by atoms with Gasteiger partial charge in [0.1, 0.15) is 5.82 Å². The Morgan fingerprint density at radius 3 is 2.46 bits per heavy atom. The van der Waals surface area contributed by atoms with Crippen LogP contribution in [0, 0.1) is 24.1 Å². The summed E-state index contributed by atoms with van der Waals surface area (Å²) in [6, 6.07) is 17.5. The van der Waals surface area contributed by atoms with E-state index in [2.05, 4.69) is 0 Å². The quantitative estimate of drug-likeness (QED) is 0.467. The summed E-state index contributed by atoms with van der Waals surface area (Å²) < 4.78 is 42.1. The van der Waals surface area contributed by atoms with Crippen molar-refractivity contribution in [1.82, 2.24) is 9.21 Å². The molecule has 0 radical (unpaired) electrons. The Morgan fingerprint density at radius 1 is 1.06 bits per heavy atom. The molecule has 0 aliphatic carbocycles. The SMILES string of the molecule is Cc1cc(Cl)cc(Sc2ccc(C#N)cc2S(=O)(=O)N2CCN(C(=O)c3cccc(F)c3)CC2)c1. The highest BCUT2D eigenvalue weighted by Crippen LogP contribution is 2.36. The van der Waals surface area contributed by atoms with Crippen molar-refractivity contribution in [3.8, 4) is 6.07 Å². The van der Waals surface area contributed by atoms with Crippen molar-refractivity contribution >= 4 is 39.3 Å². The van der Waals surface area contributed by atoms with E-state index in [-0.39, 0.29) is 48.1 Å². The molecule has 6 nitrogen and oxygen atoms in total. The van der Waals surface area contributed by atoms with Gasteiger partial charge in [-0.1, -0.05) is 29.4 Å². The van der Waals surface area contributed by atoms with E-state index in [0.29, 0.717) is 9.92 Å². The number of hydrogen-bond acceptors (Lipinski definition) is 5. The van der Waals surface area contributed by atoms with Crippen LogP contribution in [0.25, 0.3) is 0 Å². The van der Waals surface area contributed by atoms with Crippen molar-refractivity contribution in [1.29, 1.82) is 5.26 Å². The molecule has 0 spiro atoms. The molecule has 1 aliphatic rings. The lowest BCUT2D eigenvalue weighted by molar-refractivity contribution is 0.0697. The summed E-state index contributed by atoms with van der Waals surface area (Å²) in [7, 11) is -3.96. The van der Waals surface area contributed by atoms with E-state index in [4.69, 9.17) is 11.6 Å². The van der Waals surface area contributed by atoms with Crippen LogP contribution in [0.3, 0.4) is 0 Å². The minimum absolute atomic E-state index is 0.0316. The van der Waals surface area contributed by atoms with Crippen molar-refractivity contribution in [3.05, 3.63) is 88.2 Å². The van der Waals surface area contributed by atoms with Crippen molar-refractivity contribution in [2.75, 3.05) is 26.2 Å². The van der Waals surface area contributed by atoms with Crippen LogP contribution in [0.2, 0.25) is 5.02 Å². The Hall–Kier alpha value is -2.90. The van der Waals surface area contributed by atoms with Gasteiger partial charge in [-0.15, -0.1) is 0 Å². The number of piperazine rings is 1. The maximum absolute atomic E-state index is 13.6. The van der Waals surface area contributed by atoms with E-state index >= 15 is 0 Å². The molecule has 3 aromatic rings. The van der Waals surface area contributed by atoms with Crippen LogP contribution in [0.4, 0.5) is 4.39 Å². The van der Waals surface area contributed by atoms with Gasteiger partial charge in [-0.25, -0.2) is 12.8 Å². The second kappa shape index (κ2) is 10.4. The maximum Gasteiger partial charge on any atom is 0.254 e. The molecule has 0 bridgehead atoms. The fourth-order valence-electron chi connectivity index (χ4n) is 3.83. The molecule has 1 fully saturated rings. The van der Waals surface area contributed by atoms with Crippen molar-refractivity contribution in [2.45, 2.75) is 21.6 Å². The van der Waals surface area contributed by atoms with Gasteiger partial charge in [0.05, 0.1) is 16.5 Å². The molecule has 1 amide bonds. The number of hydrogen-bond donors (Lipinski definition) is 0. The lowest BCUT2D eigenvalue weighted by Crippen LogP contribution is -2.50. The van der Waals surface area contributed by atoms with Gasteiger partial charge in [-0.05, 0) is 67.1 Å². The Kier molecular flexibility index (Phi) is 7.47. The molecule has 4 rings (SSSR count). The number of halogens is 2. The summed E-state index contributed by atoms with van der Waals surface area (Å²) in [4.78, 5) is 15.5. The molecule has 0 unspecified atom stereocenters. The number of carbonyl (C=O) groups is 1. The number of rotatable bonds is 5. The van der Waals surface area contributed by atoms with Gasteiger partial charge in [0.25, 0.3) is 5.91 Å². The summed E-state index contributed by atoms with van der Waals surface area (Å²) in [5.74, 6) is -0.852. The summed E-state index contributed by atoms with van der Waals surface area (Å²) in [5, 5.41) is 9.91. The van der Waals surface area contributed by atoms with Crippen molar-refractivity contribution < 1.29 is 17.6 Å². The summed E-state index contributed by atoms with van der Waals surface area (Å²) in [6.45, 7) is 2.41. The summed E-state index contributed by atoms with van der Waals surface area (Å²) >= 11 is 7.43. The average molecular weight is 530 g/mol. The second-order valence-corrected chi connectivity index (χ2v) is 11.5. The van der Waals surface area contributed by atoms with E-state index in [1.54, 1.807) is 18.2 Å². The molecule has 10 heteroatoms. The van der Waals surface area contributed by atoms with Gasteiger partial charge < -0.3 is 4.90 Å². The van der Waals surface area contributed by atoms with Crippen molar-refractivity contribution in [3.63, 3.8) is 0 Å². The number of sulfonamides is 1. The third kappa shape index (κ3) is 5.68. The topological polar surface area (TPSA) is 81.5 Å². The first-order chi connectivity index (χ1) is 16.7. The number of benzene rings is 3. The van der Waals surface area contributed by atoms with Crippen LogP contribution in [-0.4, -0.2) is 49.7 Å². The van der Waals surface area contributed by atoms with Gasteiger partial charge >= 0.3 is 0 Å². The Labute approximate surface area is 213 Å².